The van der Waals surface area contributed by atoms with Gasteiger partial charge in [0.05, 0.1) is 5.44 Å². The van der Waals surface area contributed by atoms with Gasteiger partial charge in [-0.15, -0.1) is 17.7 Å². The number of rotatable bonds is 2. The van der Waals surface area contributed by atoms with Gasteiger partial charge in [-0.2, -0.15) is 12.1 Å². The Morgan fingerprint density at radius 3 is 2.00 bits per heavy atom. The Morgan fingerprint density at radius 1 is 1.15 bits per heavy atom. The molecule has 6 heteroatoms. The summed E-state index contributed by atoms with van der Waals surface area (Å²) in [4.78, 5) is 0. The summed E-state index contributed by atoms with van der Waals surface area (Å²) < 4.78 is 29.2. The Kier molecular flexibility index (Phi) is 4.98. The van der Waals surface area contributed by atoms with Crippen molar-refractivity contribution >= 4 is 10.1 Å². The second kappa shape index (κ2) is 4.99. The zero-order valence-electron chi connectivity index (χ0n) is 7.01. The van der Waals surface area contributed by atoms with E-state index in [1.54, 1.807) is 18.2 Å². The molecule has 0 aliphatic carbocycles. The third kappa shape index (κ3) is 3.68. The molecular formula is C7H7NaO4S. The van der Waals surface area contributed by atoms with Crippen molar-refractivity contribution in [3.8, 4) is 0 Å². The van der Waals surface area contributed by atoms with Crippen molar-refractivity contribution in [2.75, 3.05) is 0 Å². The van der Waals surface area contributed by atoms with Crippen molar-refractivity contribution in [1.29, 1.82) is 0 Å². The van der Waals surface area contributed by atoms with Crippen LogP contribution in [0.1, 0.15) is 5.56 Å². The number of hydrogen-bond acceptors (Lipinski definition) is 3. The molecule has 13 heavy (non-hydrogen) atoms. The van der Waals surface area contributed by atoms with E-state index in [4.69, 9.17) is 9.66 Å². The maximum absolute atomic E-state index is 10.4. The normalized spacial score (nSPS) is 10.3. The first-order valence-electron chi connectivity index (χ1n) is 3.10. The van der Waals surface area contributed by atoms with Crippen molar-refractivity contribution in [1.82, 2.24) is 0 Å². The summed E-state index contributed by atoms with van der Waals surface area (Å²) in [6.45, 7) is 0. The second-order valence-electron chi connectivity index (χ2n) is 2.15. The number of aliphatic hydroxyl groups is 1. The number of benzene rings is 1. The van der Waals surface area contributed by atoms with Crippen LogP contribution in [0.25, 0.3) is 0 Å². The topological polar surface area (TPSA) is 74.6 Å². The van der Waals surface area contributed by atoms with Crippen LogP contribution in [-0.2, 0) is 10.1 Å². The van der Waals surface area contributed by atoms with Crippen molar-refractivity contribution in [2.45, 2.75) is 0 Å². The van der Waals surface area contributed by atoms with Gasteiger partial charge < -0.3 is 5.11 Å². The second-order valence-corrected chi connectivity index (χ2v) is 3.48. The number of hydrogen-bond donors (Lipinski definition) is 2. The molecule has 0 radical (unpaired) electrons. The molecule has 2 N–H and O–H groups in total. The summed E-state index contributed by atoms with van der Waals surface area (Å²) in [5.41, 5.74) is -0.955. The summed E-state index contributed by atoms with van der Waals surface area (Å²) in [6.07, 6.45) is 0. The van der Waals surface area contributed by atoms with E-state index < -0.39 is 15.6 Å². The maximum Gasteiger partial charge on any atom is 1.00 e. The van der Waals surface area contributed by atoms with E-state index in [1.165, 1.54) is 12.1 Å². The minimum Gasteiger partial charge on any atom is -0.409 e. The minimum absolute atomic E-state index is 0. The van der Waals surface area contributed by atoms with Crippen LogP contribution in [-0.4, -0.2) is 18.1 Å². The van der Waals surface area contributed by atoms with Crippen molar-refractivity contribution in [3.63, 3.8) is 0 Å². The fourth-order valence-corrected chi connectivity index (χ4v) is 1.16. The van der Waals surface area contributed by atoms with E-state index >= 15 is 0 Å². The van der Waals surface area contributed by atoms with Gasteiger partial charge in [-0.1, -0.05) is 6.07 Å². The minimum atomic E-state index is -4.48. The molecule has 0 saturated heterocycles. The fourth-order valence-electron chi connectivity index (χ4n) is 0.730. The van der Waals surface area contributed by atoms with Gasteiger partial charge in [0.25, 0.3) is 10.1 Å². The van der Waals surface area contributed by atoms with Crippen molar-refractivity contribution < 1.29 is 47.6 Å². The summed E-state index contributed by atoms with van der Waals surface area (Å²) in [5.74, 6) is 0. The van der Waals surface area contributed by atoms with Crippen LogP contribution < -0.4 is 29.6 Å². The third-order valence-electron chi connectivity index (χ3n) is 1.27. The summed E-state index contributed by atoms with van der Waals surface area (Å²) >= 11 is 0. The van der Waals surface area contributed by atoms with Crippen LogP contribution in [0.15, 0.2) is 30.3 Å². The largest absolute Gasteiger partial charge is 1.00 e. The zero-order valence-corrected chi connectivity index (χ0v) is 9.82. The molecule has 0 fully saturated rings. The molecule has 0 heterocycles. The molecule has 0 spiro atoms. The van der Waals surface area contributed by atoms with Crippen LogP contribution in [0.5, 0.6) is 0 Å². The van der Waals surface area contributed by atoms with Crippen molar-refractivity contribution in [2.24, 2.45) is 0 Å². The van der Waals surface area contributed by atoms with E-state index in [1.807, 2.05) is 0 Å². The molecule has 0 atom stereocenters. The van der Waals surface area contributed by atoms with Crippen LogP contribution in [0.3, 0.4) is 0 Å². The molecular weight excluding hydrogens is 203 g/mol. The molecule has 0 aliphatic heterocycles. The van der Waals surface area contributed by atoms with E-state index in [0.717, 1.165) is 0 Å². The number of aliphatic hydroxyl groups excluding tert-OH is 1. The predicted molar refractivity (Wildman–Crippen MR) is 42.3 cm³/mol. The molecule has 1 aromatic rings. The van der Waals surface area contributed by atoms with Crippen LogP contribution >= 0.6 is 0 Å². The first-order valence-corrected chi connectivity index (χ1v) is 4.54. The van der Waals surface area contributed by atoms with Gasteiger partial charge >= 0.3 is 29.6 Å². The average Bonchev–Trinajstić information content (AvgIpc) is 2.03. The molecule has 1 rings (SSSR count). The molecule has 0 saturated carbocycles. The molecule has 0 amide bonds. The average molecular weight is 210 g/mol. The zero-order chi connectivity index (χ0) is 9.19. The molecule has 0 aliphatic rings. The van der Waals surface area contributed by atoms with Gasteiger partial charge in [0.2, 0.25) is 0 Å². The molecule has 1 aromatic carbocycles. The van der Waals surface area contributed by atoms with Crippen LogP contribution in [0.2, 0.25) is 0 Å². The Bertz CT molecular complexity index is 348. The maximum atomic E-state index is 10.4. The van der Waals surface area contributed by atoms with Gasteiger partial charge in [0.15, 0.2) is 0 Å². The molecule has 0 unspecified atom stereocenters. The van der Waals surface area contributed by atoms with Crippen molar-refractivity contribution in [3.05, 3.63) is 41.3 Å². The van der Waals surface area contributed by atoms with E-state index in [9.17, 15) is 8.42 Å². The monoisotopic (exact) mass is 210 g/mol. The Morgan fingerprint density at radius 2 is 1.62 bits per heavy atom. The van der Waals surface area contributed by atoms with Gasteiger partial charge in [0, 0.05) is 0 Å². The molecule has 0 aromatic heterocycles. The molecule has 0 bridgehead atoms. The Labute approximate surface area is 98.6 Å². The standard InChI is InChI=1S/C7H7O4S.Na/c8-7(12(9,10)11)6-4-2-1-3-5-6;/h1-5,8H,(H,9,10,11);/q-1;+1. The third-order valence-corrected chi connectivity index (χ3v) is 1.99. The quantitative estimate of drug-likeness (QED) is 0.330. The van der Waals surface area contributed by atoms with Crippen LogP contribution in [0, 0.1) is 5.44 Å². The summed E-state index contributed by atoms with van der Waals surface area (Å²) in [7, 11) is -4.48. The van der Waals surface area contributed by atoms with Crippen LogP contribution in [0.4, 0.5) is 0 Å². The van der Waals surface area contributed by atoms with E-state index in [0.29, 0.717) is 0 Å². The van der Waals surface area contributed by atoms with E-state index in [-0.39, 0.29) is 35.1 Å². The predicted octanol–water partition coefficient (Wildman–Crippen LogP) is -2.21. The van der Waals surface area contributed by atoms with Gasteiger partial charge in [-0.3, -0.25) is 4.55 Å². The Balaban J connectivity index is 0.00000144. The summed E-state index contributed by atoms with van der Waals surface area (Å²) in [5, 5.41) is 8.94. The summed E-state index contributed by atoms with van der Waals surface area (Å²) in [6, 6.07) is 7.53. The van der Waals surface area contributed by atoms with Gasteiger partial charge in [-0.25, -0.2) is 8.42 Å². The van der Waals surface area contributed by atoms with Gasteiger partial charge in [0.1, 0.15) is 0 Å². The van der Waals surface area contributed by atoms with E-state index in [2.05, 4.69) is 0 Å². The molecule has 4 nitrogen and oxygen atoms in total. The smallest absolute Gasteiger partial charge is 0.409 e. The SMILES string of the molecule is O=S(=O)(O)[C-](O)c1ccccc1.[Na+]. The molecule has 66 valence electrons. The Hall–Kier alpha value is -0.0400. The first kappa shape index (κ1) is 13.0. The fraction of sp³-hybridized carbons (Fsp3) is 0. The first-order chi connectivity index (χ1) is 5.52. The van der Waals surface area contributed by atoms with Gasteiger partial charge in [-0.05, 0) is 0 Å².